The largest absolute Gasteiger partial charge is 0.491 e. The van der Waals surface area contributed by atoms with Crippen molar-refractivity contribution >= 4 is 28.5 Å². The standard InChI is InChI=1S/C23H26N6O2/c1-15(10-16(2)31-19-6-4-3-5-7-19)27-23(30)29-22-9-8-20-21(28-22)11-17(12-24-20)18-13-25-26-14-18/h3-9,11-13,15-16,25-26H,10,14H2,1-2H3,(H2,27,28,29,30)/t15-,16-/m1/s1. The van der Waals surface area contributed by atoms with Gasteiger partial charge in [0.05, 0.1) is 17.1 Å². The molecule has 0 radical (unpaired) electrons. The predicted molar refractivity (Wildman–Crippen MR) is 121 cm³/mol. The minimum Gasteiger partial charge on any atom is -0.491 e. The molecule has 8 nitrogen and oxygen atoms in total. The minimum atomic E-state index is -0.303. The second-order valence-electron chi connectivity index (χ2n) is 7.60. The number of hydrogen-bond acceptors (Lipinski definition) is 6. The number of para-hydroxylation sites is 1. The van der Waals surface area contributed by atoms with Gasteiger partial charge in [-0.2, -0.15) is 0 Å². The highest BCUT2D eigenvalue weighted by atomic mass is 16.5. The number of nitrogens with one attached hydrogen (secondary N) is 4. The third-order valence-electron chi connectivity index (χ3n) is 4.92. The number of urea groups is 1. The van der Waals surface area contributed by atoms with Crippen molar-refractivity contribution in [3.05, 3.63) is 66.5 Å². The number of pyridine rings is 2. The molecule has 8 heteroatoms. The van der Waals surface area contributed by atoms with Gasteiger partial charge in [0.1, 0.15) is 11.6 Å². The Kier molecular flexibility index (Phi) is 6.28. The molecule has 0 saturated heterocycles. The normalized spacial score (nSPS) is 15.0. The Morgan fingerprint density at radius 2 is 2.00 bits per heavy atom. The van der Waals surface area contributed by atoms with Crippen LogP contribution >= 0.6 is 0 Å². The summed E-state index contributed by atoms with van der Waals surface area (Å²) in [6.45, 7) is 4.66. The van der Waals surface area contributed by atoms with Gasteiger partial charge in [-0.3, -0.25) is 10.3 Å². The fourth-order valence-electron chi connectivity index (χ4n) is 3.49. The Morgan fingerprint density at radius 3 is 2.77 bits per heavy atom. The molecule has 0 saturated carbocycles. The fourth-order valence-corrected chi connectivity index (χ4v) is 3.49. The van der Waals surface area contributed by atoms with Gasteiger partial charge in [-0.15, -0.1) is 0 Å². The molecule has 4 N–H and O–H groups in total. The number of carbonyl (C=O) groups is 1. The average Bonchev–Trinajstić information content (AvgIpc) is 3.28. The average molecular weight is 419 g/mol. The molecule has 31 heavy (non-hydrogen) atoms. The summed E-state index contributed by atoms with van der Waals surface area (Å²) < 4.78 is 5.88. The van der Waals surface area contributed by atoms with Crippen molar-refractivity contribution in [1.82, 2.24) is 26.1 Å². The van der Waals surface area contributed by atoms with E-state index in [1.165, 1.54) is 0 Å². The second kappa shape index (κ2) is 9.44. The monoisotopic (exact) mass is 418 g/mol. The zero-order valence-electron chi connectivity index (χ0n) is 17.6. The lowest BCUT2D eigenvalue weighted by atomic mass is 10.1. The van der Waals surface area contributed by atoms with Crippen LogP contribution in [0, 0.1) is 0 Å². The lowest BCUT2D eigenvalue weighted by molar-refractivity contribution is 0.195. The molecular weight excluding hydrogens is 392 g/mol. The highest BCUT2D eigenvalue weighted by Crippen LogP contribution is 2.20. The first-order valence-corrected chi connectivity index (χ1v) is 10.3. The molecule has 4 rings (SSSR count). The first kappa shape index (κ1) is 20.6. The number of nitrogens with zero attached hydrogens (tertiary/aromatic N) is 2. The van der Waals surface area contributed by atoms with Crippen LogP contribution in [0.2, 0.25) is 0 Å². The van der Waals surface area contributed by atoms with Crippen LogP contribution in [0.25, 0.3) is 16.6 Å². The summed E-state index contributed by atoms with van der Waals surface area (Å²) in [7, 11) is 0. The van der Waals surface area contributed by atoms with Crippen LogP contribution in [-0.4, -0.2) is 34.7 Å². The maximum atomic E-state index is 12.4. The molecule has 0 fully saturated rings. The Labute approximate surface area is 181 Å². The van der Waals surface area contributed by atoms with Gasteiger partial charge >= 0.3 is 6.03 Å². The first-order chi connectivity index (χ1) is 15.1. The summed E-state index contributed by atoms with van der Waals surface area (Å²) in [5.74, 6) is 1.29. The van der Waals surface area contributed by atoms with Gasteiger partial charge in [-0.05, 0) is 49.8 Å². The fraction of sp³-hybridized carbons (Fsp3) is 0.261. The molecule has 1 aliphatic heterocycles. The number of carbonyl (C=O) groups excluding carboxylic acids is 1. The van der Waals surface area contributed by atoms with Crippen LogP contribution < -0.4 is 26.2 Å². The van der Waals surface area contributed by atoms with Crippen LogP contribution in [0.5, 0.6) is 5.75 Å². The van der Waals surface area contributed by atoms with Crippen molar-refractivity contribution in [1.29, 1.82) is 0 Å². The van der Waals surface area contributed by atoms with Crippen molar-refractivity contribution in [3.8, 4) is 5.75 Å². The van der Waals surface area contributed by atoms with Crippen molar-refractivity contribution in [2.75, 3.05) is 11.9 Å². The van der Waals surface area contributed by atoms with Gasteiger partial charge in [0.2, 0.25) is 0 Å². The molecule has 0 aliphatic carbocycles. The van der Waals surface area contributed by atoms with E-state index in [1.807, 2.05) is 68.7 Å². The molecule has 2 amide bonds. The summed E-state index contributed by atoms with van der Waals surface area (Å²) in [4.78, 5) is 21.4. The summed E-state index contributed by atoms with van der Waals surface area (Å²) in [6, 6.07) is 14.9. The van der Waals surface area contributed by atoms with E-state index < -0.39 is 0 Å². The number of benzene rings is 1. The zero-order chi connectivity index (χ0) is 21.6. The quantitative estimate of drug-likeness (QED) is 0.469. The molecule has 160 valence electrons. The summed E-state index contributed by atoms with van der Waals surface area (Å²) in [5, 5.41) is 5.75. The molecular formula is C23H26N6O2. The van der Waals surface area contributed by atoms with Crippen molar-refractivity contribution in [2.45, 2.75) is 32.4 Å². The molecule has 0 bridgehead atoms. The van der Waals surface area contributed by atoms with E-state index in [4.69, 9.17) is 4.74 Å². The predicted octanol–water partition coefficient (Wildman–Crippen LogP) is 3.45. The summed E-state index contributed by atoms with van der Waals surface area (Å²) >= 11 is 0. The van der Waals surface area contributed by atoms with Gasteiger partial charge in [0.15, 0.2) is 0 Å². The number of rotatable bonds is 7. The van der Waals surface area contributed by atoms with Crippen LogP contribution in [0.4, 0.5) is 10.6 Å². The van der Waals surface area contributed by atoms with Crippen molar-refractivity contribution < 1.29 is 9.53 Å². The highest BCUT2D eigenvalue weighted by molar-refractivity contribution is 5.90. The number of fused-ring (bicyclic) bond motifs is 1. The Bertz CT molecular complexity index is 1090. The number of hydrazine groups is 1. The van der Waals surface area contributed by atoms with E-state index >= 15 is 0 Å². The third-order valence-corrected chi connectivity index (χ3v) is 4.92. The van der Waals surface area contributed by atoms with Crippen molar-refractivity contribution in [3.63, 3.8) is 0 Å². The van der Waals surface area contributed by atoms with E-state index in [0.717, 1.165) is 34.5 Å². The Morgan fingerprint density at radius 1 is 1.16 bits per heavy atom. The van der Waals surface area contributed by atoms with E-state index in [0.29, 0.717) is 12.2 Å². The number of anilines is 1. The molecule has 1 aliphatic rings. The van der Waals surface area contributed by atoms with Gasteiger partial charge in [0.25, 0.3) is 0 Å². The topological polar surface area (TPSA) is 100 Å². The molecule has 1 aromatic carbocycles. The van der Waals surface area contributed by atoms with Crippen LogP contribution in [0.15, 0.2) is 60.9 Å². The number of amides is 2. The van der Waals surface area contributed by atoms with E-state index in [-0.39, 0.29) is 18.2 Å². The van der Waals surface area contributed by atoms with Crippen LogP contribution in [-0.2, 0) is 0 Å². The Balaban J connectivity index is 1.34. The lowest BCUT2D eigenvalue weighted by Crippen LogP contribution is -2.38. The van der Waals surface area contributed by atoms with E-state index in [9.17, 15) is 4.79 Å². The molecule has 0 unspecified atom stereocenters. The highest BCUT2D eigenvalue weighted by Gasteiger charge is 2.14. The summed E-state index contributed by atoms with van der Waals surface area (Å²) in [6.07, 6.45) is 4.38. The molecule has 2 atom stereocenters. The van der Waals surface area contributed by atoms with E-state index in [1.54, 1.807) is 6.07 Å². The number of ether oxygens (including phenoxy) is 1. The lowest BCUT2D eigenvalue weighted by Gasteiger charge is -2.20. The molecule has 3 heterocycles. The summed E-state index contributed by atoms with van der Waals surface area (Å²) in [5.41, 5.74) is 9.59. The number of aromatic nitrogens is 2. The first-order valence-electron chi connectivity index (χ1n) is 10.3. The Hall–Kier alpha value is -3.65. The van der Waals surface area contributed by atoms with E-state index in [2.05, 4.69) is 31.5 Å². The second-order valence-corrected chi connectivity index (χ2v) is 7.60. The van der Waals surface area contributed by atoms with Gasteiger partial charge in [0, 0.05) is 37.0 Å². The third kappa shape index (κ3) is 5.49. The SMILES string of the molecule is C[C@H](C[C@@H](C)Oc1ccccc1)NC(=O)Nc1ccc2ncc(C3=CNNC3)cc2n1. The van der Waals surface area contributed by atoms with Gasteiger partial charge < -0.3 is 15.5 Å². The van der Waals surface area contributed by atoms with Crippen molar-refractivity contribution in [2.24, 2.45) is 0 Å². The molecule has 2 aromatic heterocycles. The molecule has 3 aromatic rings. The van der Waals surface area contributed by atoms with Gasteiger partial charge in [-0.1, -0.05) is 18.2 Å². The zero-order valence-corrected chi connectivity index (χ0v) is 17.6. The maximum absolute atomic E-state index is 12.4. The minimum absolute atomic E-state index is 0.0325. The molecule has 0 spiro atoms. The maximum Gasteiger partial charge on any atom is 0.320 e. The van der Waals surface area contributed by atoms with Gasteiger partial charge in [-0.25, -0.2) is 15.2 Å². The smallest absolute Gasteiger partial charge is 0.320 e. The van der Waals surface area contributed by atoms with Crippen LogP contribution in [0.3, 0.4) is 0 Å². The number of hydrogen-bond donors (Lipinski definition) is 4. The van der Waals surface area contributed by atoms with Crippen LogP contribution in [0.1, 0.15) is 25.8 Å².